The van der Waals surface area contributed by atoms with Gasteiger partial charge >= 0.3 is 0 Å². The van der Waals surface area contributed by atoms with Crippen molar-refractivity contribution in [1.29, 1.82) is 0 Å². The Labute approximate surface area is 91.3 Å². The van der Waals surface area contributed by atoms with Gasteiger partial charge < -0.3 is 9.73 Å². The lowest BCUT2D eigenvalue weighted by Crippen LogP contribution is -2.23. The van der Waals surface area contributed by atoms with Crippen molar-refractivity contribution in [2.45, 2.75) is 13.3 Å². The van der Waals surface area contributed by atoms with Crippen LogP contribution in [0.3, 0.4) is 0 Å². The van der Waals surface area contributed by atoms with Crippen LogP contribution in [0.4, 0.5) is 0 Å². The Morgan fingerprint density at radius 3 is 3.07 bits per heavy atom. The van der Waals surface area contributed by atoms with Crippen molar-refractivity contribution < 1.29 is 9.21 Å². The van der Waals surface area contributed by atoms with E-state index in [2.05, 4.69) is 21.2 Å². The fourth-order valence-electron chi connectivity index (χ4n) is 0.987. The summed E-state index contributed by atoms with van der Waals surface area (Å²) < 4.78 is 5.43. The van der Waals surface area contributed by atoms with Crippen molar-refractivity contribution in [2.75, 3.05) is 6.54 Å². The third-order valence-electron chi connectivity index (χ3n) is 1.69. The summed E-state index contributed by atoms with van der Waals surface area (Å²) in [6.07, 6.45) is 6.28. The monoisotopic (exact) mass is 257 g/mol. The van der Waals surface area contributed by atoms with Gasteiger partial charge in [-0.15, -0.1) is 0 Å². The molecule has 0 saturated heterocycles. The largest absolute Gasteiger partial charge is 0.457 e. The van der Waals surface area contributed by atoms with Gasteiger partial charge in [-0.05, 0) is 35.3 Å². The molecule has 14 heavy (non-hydrogen) atoms. The lowest BCUT2D eigenvalue weighted by atomic mass is 10.3. The number of carbonyl (C=O) groups is 1. The van der Waals surface area contributed by atoms with Gasteiger partial charge in [0.25, 0.3) is 5.91 Å². The Hall–Kier alpha value is -1.03. The predicted molar refractivity (Wildman–Crippen MR) is 58.2 cm³/mol. The van der Waals surface area contributed by atoms with Crippen LogP contribution in [0.2, 0.25) is 0 Å². The summed E-state index contributed by atoms with van der Waals surface area (Å²) in [6.45, 7) is 2.59. The summed E-state index contributed by atoms with van der Waals surface area (Å²) in [7, 11) is 0. The van der Waals surface area contributed by atoms with Crippen molar-refractivity contribution in [3.63, 3.8) is 0 Å². The van der Waals surface area contributed by atoms with Gasteiger partial charge in [0.15, 0.2) is 4.67 Å². The molecule has 1 N–H and O–H groups in total. The molecule has 0 bridgehead atoms. The third-order valence-corrected chi connectivity index (χ3v) is 2.31. The number of halogens is 1. The minimum absolute atomic E-state index is 0.116. The van der Waals surface area contributed by atoms with Gasteiger partial charge in [0.2, 0.25) is 0 Å². The quantitative estimate of drug-likeness (QED) is 0.666. The summed E-state index contributed by atoms with van der Waals surface area (Å²) in [5.41, 5.74) is 0.533. The molecule has 0 aliphatic rings. The Morgan fingerprint density at radius 2 is 2.50 bits per heavy atom. The SMILES string of the molecule is C/C=C/CCNC(=O)c1ccoc1Br. The highest BCUT2D eigenvalue weighted by Gasteiger charge is 2.10. The van der Waals surface area contributed by atoms with Crippen LogP contribution in [0.1, 0.15) is 23.7 Å². The molecule has 0 atom stereocenters. The predicted octanol–water partition coefficient (Wildman–Crippen LogP) is 2.74. The molecule has 0 spiro atoms. The van der Waals surface area contributed by atoms with Crippen LogP contribution in [-0.2, 0) is 0 Å². The van der Waals surface area contributed by atoms with E-state index in [4.69, 9.17) is 4.42 Å². The van der Waals surface area contributed by atoms with E-state index in [-0.39, 0.29) is 5.91 Å². The molecule has 4 heteroatoms. The fraction of sp³-hybridized carbons (Fsp3) is 0.300. The minimum atomic E-state index is -0.116. The molecule has 0 aliphatic heterocycles. The maximum Gasteiger partial charge on any atom is 0.255 e. The van der Waals surface area contributed by atoms with Crippen molar-refractivity contribution in [3.8, 4) is 0 Å². The highest BCUT2D eigenvalue weighted by Crippen LogP contribution is 2.16. The Balaban J connectivity index is 2.40. The molecular weight excluding hydrogens is 246 g/mol. The van der Waals surface area contributed by atoms with E-state index in [0.717, 1.165) is 6.42 Å². The van der Waals surface area contributed by atoms with Gasteiger partial charge in [-0.2, -0.15) is 0 Å². The van der Waals surface area contributed by atoms with E-state index in [1.165, 1.54) is 6.26 Å². The van der Waals surface area contributed by atoms with E-state index in [1.54, 1.807) is 6.07 Å². The van der Waals surface area contributed by atoms with Gasteiger partial charge in [0.05, 0.1) is 11.8 Å². The van der Waals surface area contributed by atoms with E-state index < -0.39 is 0 Å². The van der Waals surface area contributed by atoms with Gasteiger partial charge in [0, 0.05) is 6.54 Å². The smallest absolute Gasteiger partial charge is 0.255 e. The zero-order valence-corrected chi connectivity index (χ0v) is 9.50. The summed E-state index contributed by atoms with van der Waals surface area (Å²) >= 11 is 3.15. The zero-order chi connectivity index (χ0) is 10.4. The average molecular weight is 258 g/mol. The number of hydrogen-bond donors (Lipinski definition) is 1. The van der Waals surface area contributed by atoms with Crippen LogP contribution in [0.25, 0.3) is 0 Å². The topological polar surface area (TPSA) is 42.2 Å². The molecule has 0 unspecified atom stereocenters. The Bertz CT molecular complexity index is 331. The molecule has 0 aromatic carbocycles. The number of furan rings is 1. The number of hydrogen-bond acceptors (Lipinski definition) is 2. The van der Waals surface area contributed by atoms with Gasteiger partial charge in [-0.25, -0.2) is 0 Å². The molecule has 1 heterocycles. The van der Waals surface area contributed by atoms with Crippen molar-refractivity contribution in [2.24, 2.45) is 0 Å². The molecule has 1 rings (SSSR count). The molecule has 0 fully saturated rings. The standard InChI is InChI=1S/C10H12BrNO2/c1-2-3-4-6-12-10(13)8-5-7-14-9(8)11/h2-3,5,7H,4,6H2,1H3,(H,12,13)/b3-2+. The first-order valence-electron chi connectivity index (χ1n) is 4.38. The van der Waals surface area contributed by atoms with Gasteiger partial charge in [-0.3, -0.25) is 4.79 Å². The molecule has 1 aromatic heterocycles. The summed E-state index contributed by atoms with van der Waals surface area (Å²) in [5.74, 6) is -0.116. The molecule has 76 valence electrons. The molecular formula is C10H12BrNO2. The fourth-order valence-corrected chi connectivity index (χ4v) is 1.41. The van der Waals surface area contributed by atoms with E-state index in [1.807, 2.05) is 19.1 Å². The first-order valence-corrected chi connectivity index (χ1v) is 5.17. The first-order chi connectivity index (χ1) is 6.75. The van der Waals surface area contributed by atoms with Crippen molar-refractivity contribution in [1.82, 2.24) is 5.32 Å². The maximum atomic E-state index is 11.5. The second-order valence-electron chi connectivity index (χ2n) is 2.72. The number of amides is 1. The number of rotatable bonds is 4. The van der Waals surface area contributed by atoms with Crippen molar-refractivity contribution >= 4 is 21.8 Å². The second kappa shape index (κ2) is 5.65. The molecule has 0 radical (unpaired) electrons. The molecule has 0 aliphatic carbocycles. The van der Waals surface area contributed by atoms with E-state index in [9.17, 15) is 4.79 Å². The maximum absolute atomic E-state index is 11.5. The van der Waals surface area contributed by atoms with Crippen LogP contribution in [-0.4, -0.2) is 12.5 Å². The summed E-state index contributed by atoms with van der Waals surface area (Å²) in [4.78, 5) is 11.5. The van der Waals surface area contributed by atoms with Crippen LogP contribution < -0.4 is 5.32 Å². The van der Waals surface area contributed by atoms with Crippen LogP contribution in [0.15, 0.2) is 33.6 Å². The number of allylic oxidation sites excluding steroid dienone is 1. The molecule has 0 saturated carbocycles. The highest BCUT2D eigenvalue weighted by molar-refractivity contribution is 9.10. The molecule has 1 aromatic rings. The zero-order valence-electron chi connectivity index (χ0n) is 7.92. The van der Waals surface area contributed by atoms with E-state index >= 15 is 0 Å². The lowest BCUT2D eigenvalue weighted by Gasteiger charge is -2.00. The van der Waals surface area contributed by atoms with Gasteiger partial charge in [-0.1, -0.05) is 12.2 Å². The van der Waals surface area contributed by atoms with Crippen LogP contribution in [0, 0.1) is 0 Å². The summed E-state index contributed by atoms with van der Waals surface area (Å²) in [5, 5.41) is 2.78. The first kappa shape index (κ1) is 11.0. The summed E-state index contributed by atoms with van der Waals surface area (Å²) in [6, 6.07) is 1.63. The highest BCUT2D eigenvalue weighted by atomic mass is 79.9. The second-order valence-corrected chi connectivity index (χ2v) is 3.44. The molecule has 3 nitrogen and oxygen atoms in total. The van der Waals surface area contributed by atoms with E-state index in [0.29, 0.717) is 16.8 Å². The van der Waals surface area contributed by atoms with Gasteiger partial charge in [0.1, 0.15) is 0 Å². The van der Waals surface area contributed by atoms with Crippen molar-refractivity contribution in [3.05, 3.63) is 34.7 Å². The van der Waals surface area contributed by atoms with Crippen LogP contribution >= 0.6 is 15.9 Å². The Kier molecular flexibility index (Phi) is 4.46. The Morgan fingerprint density at radius 1 is 1.71 bits per heavy atom. The van der Waals surface area contributed by atoms with Crippen LogP contribution in [0.5, 0.6) is 0 Å². The third kappa shape index (κ3) is 3.03. The minimum Gasteiger partial charge on any atom is -0.457 e. The number of nitrogens with one attached hydrogen (secondary N) is 1. The lowest BCUT2D eigenvalue weighted by molar-refractivity contribution is 0.0952. The molecule has 1 amide bonds. The number of carbonyl (C=O) groups excluding carboxylic acids is 1. The average Bonchev–Trinajstić information content (AvgIpc) is 2.59. The normalized spacial score (nSPS) is 10.7.